The number of allylic oxidation sites excluding steroid dienone is 5. The van der Waals surface area contributed by atoms with Gasteiger partial charge in [-0.05, 0) is 12.2 Å². The molecule has 0 aromatic carbocycles. The summed E-state index contributed by atoms with van der Waals surface area (Å²) in [5, 5.41) is 8.16. The predicted octanol–water partition coefficient (Wildman–Crippen LogP) is 1.85. The molecule has 0 saturated carbocycles. The van der Waals surface area contributed by atoms with Gasteiger partial charge in [0.2, 0.25) is 0 Å². The second kappa shape index (κ2) is 1.82. The lowest BCUT2D eigenvalue weighted by Gasteiger charge is -1.84. The van der Waals surface area contributed by atoms with Crippen molar-refractivity contribution in [2.45, 2.75) is 0 Å². The molecule has 2 heteroatoms. The average Bonchev–Trinajstić information content (AvgIpc) is 2.12. The van der Waals surface area contributed by atoms with Crippen LogP contribution in [0.2, 0.25) is 0 Å². The van der Waals surface area contributed by atoms with Gasteiger partial charge in [0.15, 0.2) is 0 Å². The number of rotatable bonds is 0. The van der Waals surface area contributed by atoms with E-state index in [4.69, 9.17) is 5.11 Å². The molecule has 42 valence electrons. The van der Waals surface area contributed by atoms with Gasteiger partial charge in [-0.15, -0.1) is 0 Å². The minimum atomic E-state index is -1.12. The van der Waals surface area contributed by atoms with E-state index < -0.39 is 6.01 Å². The highest BCUT2D eigenvalue weighted by Gasteiger charge is 1.97. The molecule has 0 spiro atoms. The Kier molecular flexibility index (Phi) is 1.16. The molecule has 1 nitrogen and oxygen atoms in total. The van der Waals surface area contributed by atoms with Crippen LogP contribution < -0.4 is 0 Å². The molecule has 8 heavy (non-hydrogen) atoms. The summed E-state index contributed by atoms with van der Waals surface area (Å²) in [6.07, 6.45) is 6.31. The fraction of sp³-hybridized carbons (Fsp3) is 0. The Bertz CT molecular complexity index is 159. The van der Waals surface area contributed by atoms with Crippen LogP contribution in [-0.4, -0.2) is 5.11 Å². The Morgan fingerprint density at radius 1 is 1.38 bits per heavy atom. The van der Waals surface area contributed by atoms with Gasteiger partial charge in [0, 0.05) is 5.57 Å². The first-order valence-corrected chi connectivity index (χ1v) is 2.24. The van der Waals surface area contributed by atoms with Crippen molar-refractivity contribution in [1.29, 1.82) is 0 Å². The zero-order valence-electron chi connectivity index (χ0n) is 4.13. The summed E-state index contributed by atoms with van der Waals surface area (Å²) in [6, 6.07) is -1.12. The Morgan fingerprint density at radius 3 is 2.12 bits per heavy atom. The quantitative estimate of drug-likeness (QED) is 0.474. The molecule has 0 atom stereocenters. The van der Waals surface area contributed by atoms with Crippen LogP contribution >= 0.6 is 0 Å². The third kappa shape index (κ3) is 0.780. The molecule has 0 aromatic heterocycles. The van der Waals surface area contributed by atoms with E-state index >= 15 is 0 Å². The van der Waals surface area contributed by atoms with Gasteiger partial charge in [-0.3, -0.25) is 0 Å². The predicted molar refractivity (Wildman–Crippen MR) is 29.0 cm³/mol. The van der Waals surface area contributed by atoms with Crippen molar-refractivity contribution in [2.24, 2.45) is 0 Å². The summed E-state index contributed by atoms with van der Waals surface area (Å²) in [6.45, 7) is 0. The first kappa shape index (κ1) is 5.09. The molecule has 1 aliphatic rings. The van der Waals surface area contributed by atoms with E-state index in [0.717, 1.165) is 0 Å². The number of aliphatic hydroxyl groups excluding tert-OH is 1. The van der Waals surface area contributed by atoms with Crippen LogP contribution in [0, 0.1) is 0 Å². The SMILES string of the molecule is OC(F)=C1C=CC=C1. The third-order valence-corrected chi connectivity index (χ3v) is 0.901. The highest BCUT2D eigenvalue weighted by Crippen LogP contribution is 2.11. The van der Waals surface area contributed by atoms with E-state index in [1.165, 1.54) is 12.2 Å². The smallest absolute Gasteiger partial charge is 0.277 e. The Morgan fingerprint density at radius 2 is 1.88 bits per heavy atom. The van der Waals surface area contributed by atoms with Crippen molar-refractivity contribution in [3.63, 3.8) is 0 Å². The van der Waals surface area contributed by atoms with Crippen molar-refractivity contribution in [2.75, 3.05) is 0 Å². The highest BCUT2D eigenvalue weighted by molar-refractivity contribution is 5.39. The van der Waals surface area contributed by atoms with E-state index in [-0.39, 0.29) is 5.57 Å². The number of halogens is 1. The Hall–Kier alpha value is -1.05. The summed E-state index contributed by atoms with van der Waals surface area (Å²) < 4.78 is 11.7. The van der Waals surface area contributed by atoms with Gasteiger partial charge in [-0.2, -0.15) is 4.39 Å². The van der Waals surface area contributed by atoms with Gasteiger partial charge in [0.25, 0.3) is 6.01 Å². The summed E-state index contributed by atoms with van der Waals surface area (Å²) in [5.74, 6) is 0. The summed E-state index contributed by atoms with van der Waals surface area (Å²) in [5.41, 5.74) is 0.241. The molecule has 0 heterocycles. The number of hydrogen-bond donors (Lipinski definition) is 1. The summed E-state index contributed by atoms with van der Waals surface area (Å²) >= 11 is 0. The molecule has 0 radical (unpaired) electrons. The summed E-state index contributed by atoms with van der Waals surface area (Å²) in [7, 11) is 0. The van der Waals surface area contributed by atoms with Gasteiger partial charge < -0.3 is 5.11 Å². The van der Waals surface area contributed by atoms with Crippen LogP contribution in [0.5, 0.6) is 0 Å². The molecule has 0 aromatic rings. The van der Waals surface area contributed by atoms with Gasteiger partial charge in [-0.1, -0.05) is 12.2 Å². The highest BCUT2D eigenvalue weighted by atomic mass is 19.1. The molecule has 1 aliphatic carbocycles. The van der Waals surface area contributed by atoms with Gasteiger partial charge >= 0.3 is 0 Å². The first-order chi connectivity index (χ1) is 3.80. The van der Waals surface area contributed by atoms with Gasteiger partial charge in [-0.25, -0.2) is 0 Å². The van der Waals surface area contributed by atoms with Crippen LogP contribution in [0.25, 0.3) is 0 Å². The summed E-state index contributed by atoms with van der Waals surface area (Å²) in [4.78, 5) is 0. The zero-order valence-corrected chi connectivity index (χ0v) is 4.13. The zero-order chi connectivity index (χ0) is 5.98. The number of aliphatic hydroxyl groups is 1. The van der Waals surface area contributed by atoms with E-state index in [9.17, 15) is 4.39 Å². The maximum Gasteiger partial charge on any atom is 0.277 e. The Balaban J connectivity index is 2.90. The Labute approximate surface area is 46.4 Å². The lowest BCUT2D eigenvalue weighted by molar-refractivity contribution is 0.280. The lowest BCUT2D eigenvalue weighted by atomic mass is 10.3. The topological polar surface area (TPSA) is 20.2 Å². The molecular weight excluding hydrogens is 107 g/mol. The van der Waals surface area contributed by atoms with E-state index in [1.54, 1.807) is 12.2 Å². The standard InChI is InChI=1S/C6H5FO/c7-6(8)5-3-1-2-4-5/h1-4,8H. The van der Waals surface area contributed by atoms with Gasteiger partial charge in [0.1, 0.15) is 0 Å². The van der Waals surface area contributed by atoms with Crippen LogP contribution in [-0.2, 0) is 0 Å². The van der Waals surface area contributed by atoms with Crippen molar-refractivity contribution < 1.29 is 9.50 Å². The molecule has 1 rings (SSSR count). The second-order valence-corrected chi connectivity index (χ2v) is 1.46. The largest absolute Gasteiger partial charge is 0.486 e. The molecule has 0 fully saturated rings. The fourth-order valence-corrected chi connectivity index (χ4v) is 0.512. The molecule has 0 unspecified atom stereocenters. The van der Waals surface area contributed by atoms with Crippen molar-refractivity contribution >= 4 is 0 Å². The molecule has 0 aliphatic heterocycles. The lowest BCUT2D eigenvalue weighted by Crippen LogP contribution is -1.72. The molecule has 1 N–H and O–H groups in total. The maximum atomic E-state index is 11.7. The van der Waals surface area contributed by atoms with Crippen LogP contribution in [0.3, 0.4) is 0 Å². The van der Waals surface area contributed by atoms with Crippen LogP contribution in [0.4, 0.5) is 4.39 Å². The third-order valence-electron chi connectivity index (χ3n) is 0.901. The van der Waals surface area contributed by atoms with Crippen LogP contribution in [0.15, 0.2) is 35.9 Å². The monoisotopic (exact) mass is 112 g/mol. The minimum absolute atomic E-state index is 0.241. The average molecular weight is 112 g/mol. The molecular formula is C6H5FO. The normalized spacial score (nSPS) is 15.4. The molecule has 0 saturated heterocycles. The molecule has 0 bridgehead atoms. The van der Waals surface area contributed by atoms with Gasteiger partial charge in [0.05, 0.1) is 0 Å². The van der Waals surface area contributed by atoms with Crippen molar-refractivity contribution in [3.8, 4) is 0 Å². The number of hydrogen-bond acceptors (Lipinski definition) is 1. The van der Waals surface area contributed by atoms with E-state index in [0.29, 0.717) is 0 Å². The molecule has 0 amide bonds. The van der Waals surface area contributed by atoms with Crippen molar-refractivity contribution in [1.82, 2.24) is 0 Å². The van der Waals surface area contributed by atoms with E-state index in [2.05, 4.69) is 0 Å². The maximum absolute atomic E-state index is 11.7. The van der Waals surface area contributed by atoms with Crippen molar-refractivity contribution in [3.05, 3.63) is 35.9 Å². The first-order valence-electron chi connectivity index (χ1n) is 2.24. The fourth-order valence-electron chi connectivity index (χ4n) is 0.512. The van der Waals surface area contributed by atoms with E-state index in [1.807, 2.05) is 0 Å². The second-order valence-electron chi connectivity index (χ2n) is 1.46. The minimum Gasteiger partial charge on any atom is -0.486 e. The van der Waals surface area contributed by atoms with Crippen LogP contribution in [0.1, 0.15) is 0 Å².